The lowest BCUT2D eigenvalue weighted by Crippen LogP contribution is -2.17. The number of carbonyl (C=O) groups is 1. The first-order valence-corrected chi connectivity index (χ1v) is 8.15. The molecule has 0 aromatic heterocycles. The number of nitrogens with one attached hydrogen (secondary N) is 2. The summed E-state index contributed by atoms with van der Waals surface area (Å²) in [6, 6.07) is 12.9. The van der Waals surface area contributed by atoms with Gasteiger partial charge in [0.2, 0.25) is 5.91 Å². The number of rotatable bonds is 9. The van der Waals surface area contributed by atoms with Crippen molar-refractivity contribution in [1.82, 2.24) is 0 Å². The summed E-state index contributed by atoms with van der Waals surface area (Å²) < 4.78 is 16.0. The van der Waals surface area contributed by atoms with Crippen LogP contribution in [0.5, 0.6) is 17.2 Å². The number of methoxy groups -OCH3 is 2. The molecule has 0 aliphatic rings. The van der Waals surface area contributed by atoms with Crippen LogP contribution >= 0.6 is 0 Å². The second kappa shape index (κ2) is 9.42. The quantitative estimate of drug-likeness (QED) is 0.728. The van der Waals surface area contributed by atoms with E-state index in [1.165, 1.54) is 0 Å². The molecule has 0 spiro atoms. The van der Waals surface area contributed by atoms with E-state index in [0.29, 0.717) is 36.8 Å². The average molecular weight is 344 g/mol. The molecule has 2 N–H and O–H groups in total. The molecule has 0 heterocycles. The van der Waals surface area contributed by atoms with Gasteiger partial charge in [0.25, 0.3) is 0 Å². The molecule has 0 saturated carbocycles. The van der Waals surface area contributed by atoms with E-state index in [2.05, 4.69) is 10.6 Å². The molecule has 0 unspecified atom stereocenters. The first-order chi connectivity index (χ1) is 12.2. The molecule has 2 aromatic carbocycles. The number of anilines is 2. The lowest BCUT2D eigenvalue weighted by Gasteiger charge is -2.13. The van der Waals surface area contributed by atoms with Crippen LogP contribution in [0, 0.1) is 0 Å². The number of para-hydroxylation sites is 2. The van der Waals surface area contributed by atoms with Gasteiger partial charge in [-0.3, -0.25) is 4.79 Å². The van der Waals surface area contributed by atoms with E-state index in [9.17, 15) is 4.79 Å². The average Bonchev–Trinajstić information content (AvgIpc) is 2.63. The molecular formula is C19H24N2O4. The Balaban J connectivity index is 1.89. The SMILES string of the molecule is CCOc1ccccc1NCCC(=O)Nc1ccc(OC)cc1OC. The van der Waals surface area contributed by atoms with Gasteiger partial charge in [-0.25, -0.2) is 0 Å². The number of amides is 1. The summed E-state index contributed by atoms with van der Waals surface area (Å²) >= 11 is 0. The van der Waals surface area contributed by atoms with Crippen molar-refractivity contribution in [3.05, 3.63) is 42.5 Å². The number of hydrogen-bond acceptors (Lipinski definition) is 5. The Morgan fingerprint density at radius 3 is 2.52 bits per heavy atom. The fraction of sp³-hybridized carbons (Fsp3) is 0.316. The Bertz CT molecular complexity index is 704. The monoisotopic (exact) mass is 344 g/mol. The summed E-state index contributed by atoms with van der Waals surface area (Å²) in [5, 5.41) is 6.07. The molecule has 0 bridgehead atoms. The van der Waals surface area contributed by atoms with E-state index in [1.807, 2.05) is 31.2 Å². The summed E-state index contributed by atoms with van der Waals surface area (Å²) in [5.74, 6) is 1.90. The third kappa shape index (κ3) is 5.31. The fourth-order valence-electron chi connectivity index (χ4n) is 2.32. The molecule has 25 heavy (non-hydrogen) atoms. The molecule has 2 aromatic rings. The molecule has 0 radical (unpaired) electrons. The first-order valence-electron chi connectivity index (χ1n) is 8.15. The van der Waals surface area contributed by atoms with E-state index in [0.717, 1.165) is 11.4 Å². The molecule has 0 aliphatic carbocycles. The highest BCUT2D eigenvalue weighted by atomic mass is 16.5. The van der Waals surface area contributed by atoms with Crippen LogP contribution in [0.15, 0.2) is 42.5 Å². The van der Waals surface area contributed by atoms with Crippen molar-refractivity contribution in [3.8, 4) is 17.2 Å². The number of carbonyl (C=O) groups excluding carboxylic acids is 1. The van der Waals surface area contributed by atoms with Crippen LogP contribution in [0.3, 0.4) is 0 Å². The standard InChI is InChI=1S/C19H24N2O4/c1-4-25-17-8-6-5-7-15(17)20-12-11-19(22)21-16-10-9-14(23-2)13-18(16)24-3/h5-10,13,20H,4,11-12H2,1-3H3,(H,21,22). The van der Waals surface area contributed by atoms with Crippen LogP contribution in [0.2, 0.25) is 0 Å². The van der Waals surface area contributed by atoms with Crippen LogP contribution in [0.1, 0.15) is 13.3 Å². The molecule has 1 amide bonds. The van der Waals surface area contributed by atoms with Crippen LogP contribution in [-0.4, -0.2) is 33.3 Å². The Labute approximate surface area is 148 Å². The van der Waals surface area contributed by atoms with Gasteiger partial charge in [-0.05, 0) is 31.2 Å². The van der Waals surface area contributed by atoms with Crippen molar-refractivity contribution in [3.63, 3.8) is 0 Å². The van der Waals surface area contributed by atoms with Crippen LogP contribution in [0.25, 0.3) is 0 Å². The van der Waals surface area contributed by atoms with Crippen molar-refractivity contribution in [2.45, 2.75) is 13.3 Å². The maximum atomic E-state index is 12.2. The van der Waals surface area contributed by atoms with E-state index in [4.69, 9.17) is 14.2 Å². The van der Waals surface area contributed by atoms with Crippen LogP contribution in [-0.2, 0) is 4.79 Å². The van der Waals surface area contributed by atoms with Gasteiger partial charge in [0.1, 0.15) is 17.2 Å². The van der Waals surface area contributed by atoms with Crippen molar-refractivity contribution in [2.24, 2.45) is 0 Å². The maximum absolute atomic E-state index is 12.2. The van der Waals surface area contributed by atoms with E-state index in [-0.39, 0.29) is 5.91 Å². The molecule has 134 valence electrons. The van der Waals surface area contributed by atoms with Crippen LogP contribution < -0.4 is 24.8 Å². The van der Waals surface area contributed by atoms with Crippen molar-refractivity contribution in [1.29, 1.82) is 0 Å². The van der Waals surface area contributed by atoms with Gasteiger partial charge >= 0.3 is 0 Å². The highest BCUT2D eigenvalue weighted by Gasteiger charge is 2.09. The van der Waals surface area contributed by atoms with Crippen molar-refractivity contribution < 1.29 is 19.0 Å². The second-order valence-electron chi connectivity index (χ2n) is 5.22. The van der Waals surface area contributed by atoms with Crippen molar-refractivity contribution >= 4 is 17.3 Å². The van der Waals surface area contributed by atoms with Gasteiger partial charge in [0.05, 0.1) is 32.2 Å². The third-order valence-corrected chi connectivity index (χ3v) is 3.54. The Kier molecular flexibility index (Phi) is 6.95. The predicted molar refractivity (Wildman–Crippen MR) is 98.9 cm³/mol. The summed E-state index contributed by atoms with van der Waals surface area (Å²) in [6.45, 7) is 3.03. The summed E-state index contributed by atoms with van der Waals surface area (Å²) in [6.07, 6.45) is 0.315. The van der Waals surface area contributed by atoms with E-state index in [1.54, 1.807) is 32.4 Å². The Hall–Kier alpha value is -2.89. The Morgan fingerprint density at radius 2 is 1.80 bits per heavy atom. The lowest BCUT2D eigenvalue weighted by molar-refractivity contribution is -0.116. The zero-order valence-electron chi connectivity index (χ0n) is 14.8. The number of ether oxygens (including phenoxy) is 3. The second-order valence-corrected chi connectivity index (χ2v) is 5.22. The minimum absolute atomic E-state index is 0.107. The lowest BCUT2D eigenvalue weighted by atomic mass is 10.2. The predicted octanol–water partition coefficient (Wildman–Crippen LogP) is 3.54. The minimum Gasteiger partial charge on any atom is -0.497 e. The highest BCUT2D eigenvalue weighted by molar-refractivity contribution is 5.92. The van der Waals surface area contributed by atoms with Gasteiger partial charge in [0, 0.05) is 19.0 Å². The largest absolute Gasteiger partial charge is 0.497 e. The molecule has 0 atom stereocenters. The molecule has 0 aliphatic heterocycles. The van der Waals surface area contributed by atoms with E-state index >= 15 is 0 Å². The van der Waals surface area contributed by atoms with E-state index < -0.39 is 0 Å². The molecule has 0 saturated heterocycles. The van der Waals surface area contributed by atoms with Gasteiger partial charge in [-0.15, -0.1) is 0 Å². The molecule has 0 fully saturated rings. The number of hydrogen-bond donors (Lipinski definition) is 2. The summed E-state index contributed by atoms with van der Waals surface area (Å²) in [7, 11) is 3.13. The highest BCUT2D eigenvalue weighted by Crippen LogP contribution is 2.29. The fourth-order valence-corrected chi connectivity index (χ4v) is 2.32. The molecule has 6 heteroatoms. The summed E-state index contributed by atoms with van der Waals surface area (Å²) in [4.78, 5) is 12.2. The van der Waals surface area contributed by atoms with Gasteiger partial charge in [-0.1, -0.05) is 12.1 Å². The van der Waals surface area contributed by atoms with Gasteiger partial charge < -0.3 is 24.8 Å². The minimum atomic E-state index is -0.107. The topological polar surface area (TPSA) is 68.8 Å². The van der Waals surface area contributed by atoms with Gasteiger partial charge in [0.15, 0.2) is 0 Å². The zero-order valence-corrected chi connectivity index (χ0v) is 14.8. The van der Waals surface area contributed by atoms with Gasteiger partial charge in [-0.2, -0.15) is 0 Å². The first kappa shape index (κ1) is 18.4. The molecule has 6 nitrogen and oxygen atoms in total. The Morgan fingerprint density at radius 1 is 1.00 bits per heavy atom. The number of benzene rings is 2. The smallest absolute Gasteiger partial charge is 0.226 e. The molecular weight excluding hydrogens is 320 g/mol. The van der Waals surface area contributed by atoms with Crippen molar-refractivity contribution in [2.75, 3.05) is 38.0 Å². The molecule has 2 rings (SSSR count). The zero-order chi connectivity index (χ0) is 18.1. The third-order valence-electron chi connectivity index (χ3n) is 3.54. The maximum Gasteiger partial charge on any atom is 0.226 e. The van der Waals surface area contributed by atoms with Crippen LogP contribution in [0.4, 0.5) is 11.4 Å². The summed E-state index contributed by atoms with van der Waals surface area (Å²) in [5.41, 5.74) is 1.49. The normalized spacial score (nSPS) is 10.0.